The summed E-state index contributed by atoms with van der Waals surface area (Å²) in [5.41, 5.74) is 0. The number of halogens is 1. The van der Waals surface area contributed by atoms with Crippen LogP contribution in [0.2, 0.25) is 0 Å². The summed E-state index contributed by atoms with van der Waals surface area (Å²) in [6.07, 6.45) is -0.300. The molecule has 3 nitrogen and oxygen atoms in total. The fourth-order valence-corrected chi connectivity index (χ4v) is 1.52. The first-order chi connectivity index (χ1) is 6.65. The SMILES string of the molecule is CCC(Oc1ccccc1I)C(=O)O. The molecular formula is C10H11IO3. The van der Waals surface area contributed by atoms with Crippen molar-refractivity contribution in [2.75, 3.05) is 0 Å². The molecular weight excluding hydrogens is 295 g/mol. The van der Waals surface area contributed by atoms with Crippen molar-refractivity contribution < 1.29 is 14.6 Å². The lowest BCUT2D eigenvalue weighted by Gasteiger charge is -2.13. The van der Waals surface area contributed by atoms with Gasteiger partial charge in [0.15, 0.2) is 6.10 Å². The van der Waals surface area contributed by atoms with Crippen LogP contribution in [-0.4, -0.2) is 17.2 Å². The van der Waals surface area contributed by atoms with E-state index in [1.165, 1.54) is 0 Å². The minimum absolute atomic E-state index is 0.459. The van der Waals surface area contributed by atoms with Gasteiger partial charge in [-0.15, -0.1) is 0 Å². The highest BCUT2D eigenvalue weighted by molar-refractivity contribution is 14.1. The number of para-hydroxylation sites is 1. The highest BCUT2D eigenvalue weighted by Gasteiger charge is 2.17. The first-order valence-corrected chi connectivity index (χ1v) is 5.37. The number of ether oxygens (including phenoxy) is 1. The van der Waals surface area contributed by atoms with Crippen molar-refractivity contribution in [1.29, 1.82) is 0 Å². The van der Waals surface area contributed by atoms with Crippen LogP contribution in [0.1, 0.15) is 13.3 Å². The molecule has 0 spiro atoms. The Labute approximate surface area is 96.2 Å². The summed E-state index contributed by atoms with van der Waals surface area (Å²) in [6.45, 7) is 1.79. The standard InChI is InChI=1S/C10H11IO3/c1-2-8(10(12)13)14-9-6-4-3-5-7(9)11/h3-6,8H,2H2,1H3,(H,12,13). The molecule has 0 heterocycles. The van der Waals surface area contributed by atoms with Crippen LogP contribution in [0.5, 0.6) is 5.75 Å². The Morgan fingerprint density at radius 1 is 1.57 bits per heavy atom. The molecule has 14 heavy (non-hydrogen) atoms. The van der Waals surface area contributed by atoms with E-state index in [1.807, 2.05) is 18.2 Å². The van der Waals surface area contributed by atoms with E-state index in [-0.39, 0.29) is 0 Å². The lowest BCUT2D eigenvalue weighted by molar-refractivity contribution is -0.145. The minimum atomic E-state index is -0.924. The zero-order valence-electron chi connectivity index (χ0n) is 7.74. The Kier molecular flexibility index (Phi) is 4.19. The predicted octanol–water partition coefficient (Wildman–Crippen LogP) is 2.53. The van der Waals surface area contributed by atoms with E-state index in [4.69, 9.17) is 9.84 Å². The van der Waals surface area contributed by atoms with Gasteiger partial charge in [0.2, 0.25) is 0 Å². The highest BCUT2D eigenvalue weighted by atomic mass is 127. The van der Waals surface area contributed by atoms with Gasteiger partial charge >= 0.3 is 5.97 Å². The number of rotatable bonds is 4. The van der Waals surface area contributed by atoms with Crippen LogP contribution >= 0.6 is 22.6 Å². The van der Waals surface area contributed by atoms with Gasteiger partial charge in [0.05, 0.1) is 3.57 Å². The smallest absolute Gasteiger partial charge is 0.344 e. The molecule has 0 fully saturated rings. The minimum Gasteiger partial charge on any atom is -0.479 e. The Morgan fingerprint density at radius 2 is 2.21 bits per heavy atom. The maximum atomic E-state index is 10.7. The quantitative estimate of drug-likeness (QED) is 0.870. The van der Waals surface area contributed by atoms with Crippen molar-refractivity contribution in [1.82, 2.24) is 0 Å². The molecule has 0 aliphatic carbocycles. The monoisotopic (exact) mass is 306 g/mol. The molecule has 1 atom stereocenters. The second kappa shape index (κ2) is 5.19. The van der Waals surface area contributed by atoms with Crippen LogP contribution in [-0.2, 0) is 4.79 Å². The molecule has 0 radical (unpaired) electrons. The second-order valence-electron chi connectivity index (χ2n) is 2.78. The fraction of sp³-hybridized carbons (Fsp3) is 0.300. The Balaban J connectivity index is 2.77. The summed E-state index contributed by atoms with van der Waals surface area (Å²) in [4.78, 5) is 10.7. The van der Waals surface area contributed by atoms with Crippen molar-refractivity contribution >= 4 is 28.6 Å². The van der Waals surface area contributed by atoms with Gasteiger partial charge in [-0.1, -0.05) is 19.1 Å². The molecule has 1 rings (SSSR count). The number of hydrogen-bond acceptors (Lipinski definition) is 2. The molecule has 1 aromatic rings. The Hall–Kier alpha value is -0.780. The van der Waals surface area contributed by atoms with E-state index in [1.54, 1.807) is 13.0 Å². The zero-order chi connectivity index (χ0) is 10.6. The Morgan fingerprint density at radius 3 is 2.71 bits per heavy atom. The van der Waals surface area contributed by atoms with Gasteiger partial charge in [-0.25, -0.2) is 4.79 Å². The predicted molar refractivity (Wildman–Crippen MR) is 61.5 cm³/mol. The van der Waals surface area contributed by atoms with Gasteiger partial charge in [0.25, 0.3) is 0 Å². The lowest BCUT2D eigenvalue weighted by Crippen LogP contribution is -2.26. The third-order valence-electron chi connectivity index (χ3n) is 1.75. The van der Waals surface area contributed by atoms with E-state index in [9.17, 15) is 4.79 Å². The summed E-state index contributed by atoms with van der Waals surface area (Å²) < 4.78 is 6.27. The molecule has 1 aromatic carbocycles. The molecule has 4 heteroatoms. The molecule has 0 saturated heterocycles. The van der Waals surface area contributed by atoms with Gasteiger partial charge in [0, 0.05) is 0 Å². The van der Waals surface area contributed by atoms with E-state index in [0.29, 0.717) is 12.2 Å². The van der Waals surface area contributed by atoms with Gasteiger partial charge in [-0.05, 0) is 41.1 Å². The molecule has 0 aliphatic heterocycles. The lowest BCUT2D eigenvalue weighted by atomic mass is 10.3. The third kappa shape index (κ3) is 2.87. The maximum Gasteiger partial charge on any atom is 0.344 e. The van der Waals surface area contributed by atoms with E-state index < -0.39 is 12.1 Å². The molecule has 0 aliphatic rings. The molecule has 0 saturated carbocycles. The second-order valence-corrected chi connectivity index (χ2v) is 3.95. The van der Waals surface area contributed by atoms with E-state index >= 15 is 0 Å². The van der Waals surface area contributed by atoms with Gasteiger partial charge in [0.1, 0.15) is 5.75 Å². The summed E-state index contributed by atoms with van der Waals surface area (Å²) in [6, 6.07) is 7.36. The van der Waals surface area contributed by atoms with E-state index in [2.05, 4.69) is 22.6 Å². The van der Waals surface area contributed by atoms with Crippen molar-refractivity contribution in [3.05, 3.63) is 27.8 Å². The summed E-state index contributed by atoms with van der Waals surface area (Å²) >= 11 is 2.12. The molecule has 0 aromatic heterocycles. The summed E-state index contributed by atoms with van der Waals surface area (Å²) in [7, 11) is 0. The number of aliphatic carboxylic acids is 1. The summed E-state index contributed by atoms with van der Waals surface area (Å²) in [5.74, 6) is -0.297. The van der Waals surface area contributed by atoms with Crippen LogP contribution < -0.4 is 4.74 Å². The van der Waals surface area contributed by atoms with Crippen LogP contribution in [0.15, 0.2) is 24.3 Å². The van der Waals surface area contributed by atoms with Crippen LogP contribution in [0.25, 0.3) is 0 Å². The molecule has 1 unspecified atom stereocenters. The maximum absolute atomic E-state index is 10.7. The third-order valence-corrected chi connectivity index (χ3v) is 2.64. The van der Waals surface area contributed by atoms with Crippen molar-refractivity contribution in [3.63, 3.8) is 0 Å². The normalized spacial score (nSPS) is 12.1. The first-order valence-electron chi connectivity index (χ1n) is 4.29. The molecule has 76 valence electrons. The van der Waals surface area contributed by atoms with Crippen LogP contribution in [0.4, 0.5) is 0 Å². The fourth-order valence-electron chi connectivity index (χ4n) is 1.00. The average Bonchev–Trinajstić information content (AvgIpc) is 2.16. The highest BCUT2D eigenvalue weighted by Crippen LogP contribution is 2.21. The van der Waals surface area contributed by atoms with Gasteiger partial charge in [-0.2, -0.15) is 0 Å². The number of benzene rings is 1. The first kappa shape index (κ1) is 11.3. The topological polar surface area (TPSA) is 46.5 Å². The number of carboxylic acids is 1. The average molecular weight is 306 g/mol. The number of carboxylic acid groups (broad SMARTS) is 1. The van der Waals surface area contributed by atoms with Gasteiger partial charge < -0.3 is 9.84 Å². The molecule has 0 amide bonds. The Bertz CT molecular complexity index is 325. The summed E-state index contributed by atoms with van der Waals surface area (Å²) in [5, 5.41) is 8.80. The number of hydrogen-bond donors (Lipinski definition) is 1. The van der Waals surface area contributed by atoms with Gasteiger partial charge in [-0.3, -0.25) is 0 Å². The van der Waals surface area contributed by atoms with Crippen molar-refractivity contribution in [3.8, 4) is 5.75 Å². The van der Waals surface area contributed by atoms with Crippen molar-refractivity contribution in [2.24, 2.45) is 0 Å². The largest absolute Gasteiger partial charge is 0.479 e. The van der Waals surface area contributed by atoms with Crippen molar-refractivity contribution in [2.45, 2.75) is 19.4 Å². The molecule has 0 bridgehead atoms. The molecule has 1 N–H and O–H groups in total. The van der Waals surface area contributed by atoms with E-state index in [0.717, 1.165) is 3.57 Å². The number of carbonyl (C=O) groups is 1. The van der Waals surface area contributed by atoms with Crippen LogP contribution in [0.3, 0.4) is 0 Å². The van der Waals surface area contributed by atoms with Crippen LogP contribution in [0, 0.1) is 3.57 Å². The zero-order valence-corrected chi connectivity index (χ0v) is 9.89.